The van der Waals surface area contributed by atoms with Crippen molar-refractivity contribution in [2.75, 3.05) is 0 Å². The molecule has 1 aromatic rings. The molecule has 0 heterocycles. The molecule has 1 atom stereocenters. The molecule has 0 fully saturated rings. The summed E-state index contributed by atoms with van der Waals surface area (Å²) in [6.45, 7) is 6.02. The summed E-state index contributed by atoms with van der Waals surface area (Å²) in [6, 6.07) is 6.73. The minimum absolute atomic E-state index is 0.0620. The number of carbonyl (C=O) groups excluding carboxylic acids is 2. The van der Waals surface area contributed by atoms with Crippen LogP contribution in [0.1, 0.15) is 74.2 Å². The number of rotatable bonds is 10. The van der Waals surface area contributed by atoms with E-state index in [4.69, 9.17) is 0 Å². The van der Waals surface area contributed by atoms with E-state index in [0.29, 0.717) is 5.56 Å². The van der Waals surface area contributed by atoms with E-state index in [1.165, 1.54) is 32.1 Å². The number of benzene rings is 1. The molecule has 0 amide bonds. The van der Waals surface area contributed by atoms with Crippen LogP contribution >= 0.6 is 0 Å². The molecule has 134 valence electrons. The number of aliphatic hydroxyl groups excluding tert-OH is 1. The first-order valence-corrected chi connectivity index (χ1v) is 9.35. The van der Waals surface area contributed by atoms with Crippen LogP contribution in [0.15, 0.2) is 42.5 Å². The number of hydrogen-bond acceptors (Lipinski definition) is 3. The number of hydrogen-bond donors (Lipinski definition) is 1. The molecule has 0 aromatic heterocycles. The molecule has 3 heteroatoms. The molecule has 1 N–H and O–H groups in total. The van der Waals surface area contributed by atoms with Crippen LogP contribution < -0.4 is 0 Å². The molecule has 1 aromatic carbocycles. The first-order valence-electron chi connectivity index (χ1n) is 9.35. The van der Waals surface area contributed by atoms with Crippen LogP contribution in [0.2, 0.25) is 0 Å². The summed E-state index contributed by atoms with van der Waals surface area (Å²) in [5.74, 6) is -1.47. The van der Waals surface area contributed by atoms with Gasteiger partial charge < -0.3 is 5.11 Å². The SMILES string of the molecule is C=CC(CCCCCCCCC)C1=C(O)c2ccccc2C(=O)C1=O. The summed E-state index contributed by atoms with van der Waals surface area (Å²) in [5.41, 5.74) is 0.950. The largest absolute Gasteiger partial charge is 0.507 e. The van der Waals surface area contributed by atoms with Gasteiger partial charge in [0.25, 0.3) is 0 Å². The fraction of sp³-hybridized carbons (Fsp3) is 0.455. The lowest BCUT2D eigenvalue weighted by molar-refractivity contribution is -0.112. The maximum Gasteiger partial charge on any atom is 0.234 e. The second kappa shape index (κ2) is 9.36. The van der Waals surface area contributed by atoms with Crippen LogP contribution in [-0.2, 0) is 4.79 Å². The fourth-order valence-corrected chi connectivity index (χ4v) is 3.43. The van der Waals surface area contributed by atoms with E-state index in [1.54, 1.807) is 30.3 Å². The monoisotopic (exact) mass is 340 g/mol. The summed E-state index contributed by atoms with van der Waals surface area (Å²) in [6.07, 6.45) is 10.7. The third kappa shape index (κ3) is 4.47. The van der Waals surface area contributed by atoms with E-state index in [0.717, 1.165) is 19.3 Å². The lowest BCUT2D eigenvalue weighted by atomic mass is 9.80. The Bertz CT molecular complexity index is 670. The molecule has 0 bridgehead atoms. The normalized spacial score (nSPS) is 15.2. The van der Waals surface area contributed by atoms with Gasteiger partial charge in [-0.25, -0.2) is 0 Å². The zero-order valence-corrected chi connectivity index (χ0v) is 15.1. The summed E-state index contributed by atoms with van der Waals surface area (Å²) in [7, 11) is 0. The summed E-state index contributed by atoms with van der Waals surface area (Å²) in [5, 5.41) is 10.6. The van der Waals surface area contributed by atoms with Crippen molar-refractivity contribution in [3.63, 3.8) is 0 Å². The van der Waals surface area contributed by atoms with Crippen LogP contribution in [0.25, 0.3) is 5.76 Å². The second-order valence-corrected chi connectivity index (χ2v) is 6.72. The van der Waals surface area contributed by atoms with E-state index in [9.17, 15) is 14.7 Å². The maximum atomic E-state index is 12.5. The van der Waals surface area contributed by atoms with E-state index < -0.39 is 11.6 Å². The minimum atomic E-state index is -0.593. The first-order chi connectivity index (χ1) is 12.1. The van der Waals surface area contributed by atoms with Gasteiger partial charge in [0.2, 0.25) is 11.6 Å². The molecule has 0 spiro atoms. The van der Waals surface area contributed by atoms with E-state index >= 15 is 0 Å². The molecule has 0 saturated heterocycles. The third-order valence-electron chi connectivity index (χ3n) is 4.91. The van der Waals surface area contributed by atoms with Gasteiger partial charge in [0, 0.05) is 17.0 Å². The van der Waals surface area contributed by atoms with Crippen molar-refractivity contribution in [3.8, 4) is 0 Å². The molecule has 1 aliphatic carbocycles. The van der Waals surface area contributed by atoms with Crippen LogP contribution in [0.4, 0.5) is 0 Å². The Morgan fingerprint density at radius 3 is 2.20 bits per heavy atom. The second-order valence-electron chi connectivity index (χ2n) is 6.72. The Morgan fingerprint density at radius 2 is 1.56 bits per heavy atom. The van der Waals surface area contributed by atoms with Gasteiger partial charge in [-0.2, -0.15) is 0 Å². The highest BCUT2D eigenvalue weighted by Crippen LogP contribution is 2.34. The standard InChI is InChI=1S/C22H28O3/c1-3-5-6-7-8-9-10-13-16(4-2)19-20(23)17-14-11-12-15-18(17)21(24)22(19)25/h4,11-12,14-16,23H,2-3,5-10,13H2,1H3. The van der Waals surface area contributed by atoms with Crippen molar-refractivity contribution in [1.82, 2.24) is 0 Å². The number of ketones is 2. The number of fused-ring (bicyclic) bond motifs is 1. The van der Waals surface area contributed by atoms with Gasteiger partial charge in [-0.3, -0.25) is 9.59 Å². The van der Waals surface area contributed by atoms with Gasteiger partial charge in [0.1, 0.15) is 5.76 Å². The molecule has 2 rings (SSSR count). The van der Waals surface area contributed by atoms with Crippen molar-refractivity contribution >= 4 is 17.3 Å². The Kier molecular flexibility index (Phi) is 7.17. The van der Waals surface area contributed by atoms with Crippen molar-refractivity contribution in [2.45, 2.75) is 58.3 Å². The molecule has 0 saturated carbocycles. The highest BCUT2D eigenvalue weighted by atomic mass is 16.3. The van der Waals surface area contributed by atoms with Gasteiger partial charge >= 0.3 is 0 Å². The average molecular weight is 340 g/mol. The summed E-state index contributed by atoms with van der Waals surface area (Å²) >= 11 is 0. The zero-order chi connectivity index (χ0) is 18.2. The van der Waals surface area contributed by atoms with E-state index in [2.05, 4.69) is 13.5 Å². The fourth-order valence-electron chi connectivity index (χ4n) is 3.43. The smallest absolute Gasteiger partial charge is 0.234 e. The van der Waals surface area contributed by atoms with Gasteiger partial charge in [-0.15, -0.1) is 6.58 Å². The maximum absolute atomic E-state index is 12.5. The number of allylic oxidation sites excluding steroid dienone is 2. The van der Waals surface area contributed by atoms with E-state index in [-0.39, 0.29) is 22.8 Å². The van der Waals surface area contributed by atoms with Crippen LogP contribution in [-0.4, -0.2) is 16.7 Å². The molecule has 0 radical (unpaired) electrons. The Labute approximate surface area is 150 Å². The molecule has 0 aliphatic heterocycles. The Hall–Kier alpha value is -2.16. The Balaban J connectivity index is 2.05. The quantitative estimate of drug-likeness (QED) is 0.339. The highest BCUT2D eigenvalue weighted by Gasteiger charge is 2.35. The predicted octanol–water partition coefficient (Wildman–Crippen LogP) is 5.66. The topological polar surface area (TPSA) is 54.4 Å². The highest BCUT2D eigenvalue weighted by molar-refractivity contribution is 6.52. The number of unbranched alkanes of at least 4 members (excludes halogenated alkanes) is 6. The number of carbonyl (C=O) groups is 2. The van der Waals surface area contributed by atoms with Gasteiger partial charge in [-0.05, 0) is 6.42 Å². The van der Waals surface area contributed by atoms with Crippen LogP contribution in [0.5, 0.6) is 0 Å². The zero-order valence-electron chi connectivity index (χ0n) is 15.1. The summed E-state index contributed by atoms with van der Waals surface area (Å²) in [4.78, 5) is 24.8. The summed E-state index contributed by atoms with van der Waals surface area (Å²) < 4.78 is 0. The van der Waals surface area contributed by atoms with Gasteiger partial charge in [0.05, 0.1) is 5.57 Å². The van der Waals surface area contributed by atoms with Gasteiger partial charge in [0.15, 0.2) is 0 Å². The van der Waals surface area contributed by atoms with Crippen molar-refractivity contribution in [2.24, 2.45) is 5.92 Å². The molecule has 25 heavy (non-hydrogen) atoms. The lowest BCUT2D eigenvalue weighted by Crippen LogP contribution is -2.27. The van der Waals surface area contributed by atoms with Crippen molar-refractivity contribution < 1.29 is 14.7 Å². The minimum Gasteiger partial charge on any atom is -0.507 e. The lowest BCUT2D eigenvalue weighted by Gasteiger charge is -2.22. The predicted molar refractivity (Wildman–Crippen MR) is 102 cm³/mol. The van der Waals surface area contributed by atoms with Gasteiger partial charge in [-0.1, -0.05) is 82.2 Å². The average Bonchev–Trinajstić information content (AvgIpc) is 2.64. The van der Waals surface area contributed by atoms with Crippen molar-refractivity contribution in [3.05, 3.63) is 53.6 Å². The Morgan fingerprint density at radius 1 is 0.960 bits per heavy atom. The molecular formula is C22H28O3. The molecule has 3 nitrogen and oxygen atoms in total. The number of aliphatic hydroxyl groups is 1. The molecular weight excluding hydrogens is 312 g/mol. The third-order valence-corrected chi connectivity index (χ3v) is 4.91. The van der Waals surface area contributed by atoms with E-state index in [1.807, 2.05) is 0 Å². The van der Waals surface area contributed by atoms with Crippen molar-refractivity contribution in [1.29, 1.82) is 0 Å². The van der Waals surface area contributed by atoms with Crippen LogP contribution in [0, 0.1) is 5.92 Å². The first kappa shape index (κ1) is 19.2. The number of Topliss-reactive ketones (excluding diaryl/α,β-unsaturated/α-hetero) is 2. The molecule has 1 unspecified atom stereocenters. The van der Waals surface area contributed by atoms with Crippen LogP contribution in [0.3, 0.4) is 0 Å². The molecule has 1 aliphatic rings.